The molecule has 42 heavy (non-hydrogen) atoms. The molecule has 2 aromatic carbocycles. The lowest BCUT2D eigenvalue weighted by Crippen LogP contribution is -2.50. The number of nitrogens with one attached hydrogen (secondary N) is 1. The Kier molecular flexibility index (Phi) is 9.71. The first-order chi connectivity index (χ1) is 19.7. The van der Waals surface area contributed by atoms with Gasteiger partial charge in [0, 0.05) is 30.3 Å². The first kappa shape index (κ1) is 31.6. The number of rotatable bonds is 7. The topological polar surface area (TPSA) is 94.2 Å². The summed E-state index contributed by atoms with van der Waals surface area (Å²) in [6.45, 7) is 5.94. The second kappa shape index (κ2) is 12.9. The van der Waals surface area contributed by atoms with Crippen LogP contribution in [0.2, 0.25) is 0 Å². The number of nitrogens with zero attached hydrogens (tertiary/aromatic N) is 1. The van der Waals surface area contributed by atoms with Crippen molar-refractivity contribution in [3.8, 4) is 5.75 Å². The van der Waals surface area contributed by atoms with Crippen LogP contribution < -0.4 is 15.0 Å². The number of carbonyl (C=O) groups is 3. The predicted molar refractivity (Wildman–Crippen MR) is 147 cm³/mol. The van der Waals surface area contributed by atoms with Crippen LogP contribution in [0.3, 0.4) is 0 Å². The fourth-order valence-corrected chi connectivity index (χ4v) is 5.73. The van der Waals surface area contributed by atoms with Crippen molar-refractivity contribution in [1.29, 1.82) is 0 Å². The average Bonchev–Trinajstić information content (AvgIpc) is 3.00. The highest BCUT2D eigenvalue weighted by Gasteiger charge is 2.35. The fourth-order valence-electron chi connectivity index (χ4n) is 4.65. The van der Waals surface area contributed by atoms with E-state index in [1.807, 2.05) is 0 Å². The van der Waals surface area contributed by atoms with Crippen molar-refractivity contribution in [2.75, 3.05) is 23.9 Å². The molecule has 2 heterocycles. The van der Waals surface area contributed by atoms with Gasteiger partial charge in [0.1, 0.15) is 23.2 Å². The Hall–Kier alpha value is -3.32. The van der Waals surface area contributed by atoms with Crippen LogP contribution in [0.4, 0.5) is 28.0 Å². The van der Waals surface area contributed by atoms with Crippen LogP contribution in [0.1, 0.15) is 56.0 Å². The lowest BCUT2D eigenvalue weighted by molar-refractivity contribution is -0.274. The minimum absolute atomic E-state index is 0.0503. The molecular formula is C29H32F4N2O6S. The minimum atomic E-state index is -4.86. The van der Waals surface area contributed by atoms with Crippen molar-refractivity contribution in [2.45, 2.75) is 69.5 Å². The maximum atomic E-state index is 15.3. The summed E-state index contributed by atoms with van der Waals surface area (Å²) in [6, 6.07) is 6.43. The number of ketones is 1. The zero-order valence-corrected chi connectivity index (χ0v) is 24.2. The van der Waals surface area contributed by atoms with Gasteiger partial charge in [0.2, 0.25) is 0 Å². The fraction of sp³-hybridized carbons (Fsp3) is 0.483. The molecular weight excluding hydrogens is 580 g/mol. The number of hydrogen-bond acceptors (Lipinski definition) is 7. The van der Waals surface area contributed by atoms with Crippen LogP contribution in [0.5, 0.6) is 5.75 Å². The van der Waals surface area contributed by atoms with E-state index in [2.05, 4.69) is 10.1 Å². The summed E-state index contributed by atoms with van der Waals surface area (Å²) in [5.41, 5.74) is -0.292. The summed E-state index contributed by atoms with van der Waals surface area (Å²) in [4.78, 5) is 41.2. The quantitative estimate of drug-likeness (QED) is 0.292. The smallest absolute Gasteiger partial charge is 0.444 e. The second-order valence-electron chi connectivity index (χ2n) is 11.1. The van der Waals surface area contributed by atoms with Crippen molar-refractivity contribution in [3.05, 3.63) is 53.3 Å². The van der Waals surface area contributed by atoms with E-state index >= 15 is 4.39 Å². The van der Waals surface area contributed by atoms with Gasteiger partial charge in [-0.1, -0.05) is 12.1 Å². The molecule has 0 aromatic heterocycles. The van der Waals surface area contributed by atoms with Gasteiger partial charge in [-0.2, -0.15) is 0 Å². The zero-order chi connectivity index (χ0) is 30.7. The van der Waals surface area contributed by atoms with Gasteiger partial charge in [-0.05, 0) is 69.4 Å². The highest BCUT2D eigenvalue weighted by Crippen LogP contribution is 2.38. The lowest BCUT2D eigenvalue weighted by Gasteiger charge is -2.27. The van der Waals surface area contributed by atoms with E-state index in [4.69, 9.17) is 9.47 Å². The molecule has 1 fully saturated rings. The molecule has 13 heteroatoms. The lowest BCUT2D eigenvalue weighted by atomic mass is 9.91. The molecule has 1 atom stereocenters. The number of thioether (sulfide) groups is 1. The third kappa shape index (κ3) is 8.60. The van der Waals surface area contributed by atoms with Crippen molar-refractivity contribution < 1.29 is 46.2 Å². The van der Waals surface area contributed by atoms with E-state index in [-0.39, 0.29) is 35.9 Å². The monoisotopic (exact) mass is 612 g/mol. The summed E-state index contributed by atoms with van der Waals surface area (Å²) in [7, 11) is 0. The number of alkyl halides is 3. The minimum Gasteiger partial charge on any atom is -0.444 e. The average molecular weight is 613 g/mol. The Balaban J connectivity index is 1.66. The molecule has 2 aliphatic rings. The van der Waals surface area contributed by atoms with Gasteiger partial charge < -0.3 is 24.4 Å². The van der Waals surface area contributed by atoms with Gasteiger partial charge in [0.05, 0.1) is 17.8 Å². The van der Waals surface area contributed by atoms with E-state index < -0.39 is 47.4 Å². The molecule has 0 radical (unpaired) electrons. The summed E-state index contributed by atoms with van der Waals surface area (Å²) in [6.07, 6.45) is -4.19. The highest BCUT2D eigenvalue weighted by atomic mass is 32.2. The van der Waals surface area contributed by atoms with Gasteiger partial charge in [0.15, 0.2) is 5.78 Å². The first-order valence-corrected chi connectivity index (χ1v) is 14.4. The van der Waals surface area contributed by atoms with Crippen molar-refractivity contribution >= 4 is 35.2 Å². The number of ether oxygens (including phenoxy) is 3. The van der Waals surface area contributed by atoms with Crippen molar-refractivity contribution in [2.24, 2.45) is 5.92 Å². The molecule has 0 bridgehead atoms. The Labute approximate surface area is 245 Å². The first-order valence-electron chi connectivity index (χ1n) is 13.4. The van der Waals surface area contributed by atoms with E-state index in [1.165, 1.54) is 29.2 Å². The van der Waals surface area contributed by atoms with Gasteiger partial charge in [-0.25, -0.2) is 9.18 Å². The molecule has 228 valence electrons. The molecule has 0 aliphatic carbocycles. The van der Waals surface area contributed by atoms with Crippen LogP contribution >= 0.6 is 11.8 Å². The summed E-state index contributed by atoms with van der Waals surface area (Å²) >= 11 is 1.13. The number of Topliss-reactive ketones (excluding diaryl/α,β-unsaturated/α-hetero) is 1. The van der Waals surface area contributed by atoms with E-state index in [9.17, 15) is 27.6 Å². The number of benzene rings is 2. The Morgan fingerprint density at radius 1 is 1.10 bits per heavy atom. The molecule has 2 amide bonds. The molecule has 1 N–H and O–H groups in total. The molecule has 0 spiro atoms. The number of fused-ring (bicyclic) bond motifs is 1. The number of anilines is 1. The molecule has 2 aliphatic heterocycles. The summed E-state index contributed by atoms with van der Waals surface area (Å²) < 4.78 is 67.7. The Morgan fingerprint density at radius 2 is 1.76 bits per heavy atom. The standard InChI is InChI=1S/C29H32F4N2O6S/c1-28(2,3)41-27(38)34-22-16-42-25-14-21(30)20(24(36)12-17-8-10-39-11-9-17)13-23(25)35(26(22)37)15-18-4-6-19(7-5-18)40-29(31,32)33/h4-7,13-14,17,22H,8-12,15-16H2,1-3H3,(H,34,38)/t22-/m0/s1. The number of alkyl carbamates (subject to hydrolysis) is 1. The Bertz CT molecular complexity index is 1310. The number of halogens is 4. The maximum absolute atomic E-state index is 15.3. The summed E-state index contributed by atoms with van der Waals surface area (Å²) in [5.74, 6) is -2.02. The zero-order valence-electron chi connectivity index (χ0n) is 23.4. The Morgan fingerprint density at radius 3 is 2.38 bits per heavy atom. The van der Waals surface area contributed by atoms with E-state index in [1.54, 1.807) is 20.8 Å². The number of hydrogen-bond donors (Lipinski definition) is 1. The second-order valence-corrected chi connectivity index (χ2v) is 12.2. The van der Waals surface area contributed by atoms with Crippen LogP contribution in [-0.2, 0) is 20.8 Å². The van der Waals surface area contributed by atoms with Crippen LogP contribution in [-0.4, -0.2) is 54.8 Å². The molecule has 2 aromatic rings. The van der Waals surface area contributed by atoms with Gasteiger partial charge >= 0.3 is 12.5 Å². The third-order valence-corrected chi connectivity index (χ3v) is 7.75. The molecule has 8 nitrogen and oxygen atoms in total. The summed E-state index contributed by atoms with van der Waals surface area (Å²) in [5, 5.41) is 2.57. The predicted octanol–water partition coefficient (Wildman–Crippen LogP) is 6.26. The van der Waals surface area contributed by atoms with E-state index in [0.717, 1.165) is 23.9 Å². The van der Waals surface area contributed by atoms with Crippen LogP contribution in [0.15, 0.2) is 41.3 Å². The number of amides is 2. The molecule has 0 unspecified atom stereocenters. The molecule has 1 saturated heterocycles. The molecule has 0 saturated carbocycles. The molecule has 4 rings (SSSR count). The van der Waals surface area contributed by atoms with Gasteiger partial charge in [0.25, 0.3) is 5.91 Å². The van der Waals surface area contributed by atoms with Gasteiger partial charge in [-0.15, -0.1) is 24.9 Å². The largest absolute Gasteiger partial charge is 0.573 e. The SMILES string of the molecule is CC(C)(C)OC(=O)N[C@H]1CSc2cc(F)c(C(=O)CC3CCOCC3)cc2N(Cc2ccc(OC(F)(F)F)cc2)C1=O. The van der Waals surface area contributed by atoms with Crippen LogP contribution in [0.25, 0.3) is 0 Å². The number of carbonyl (C=O) groups excluding carboxylic acids is 3. The van der Waals surface area contributed by atoms with Gasteiger partial charge in [-0.3, -0.25) is 9.59 Å². The van der Waals surface area contributed by atoms with Crippen molar-refractivity contribution in [1.82, 2.24) is 5.32 Å². The maximum Gasteiger partial charge on any atom is 0.573 e. The van der Waals surface area contributed by atoms with Crippen molar-refractivity contribution in [3.63, 3.8) is 0 Å². The normalized spacial score (nSPS) is 18.2. The van der Waals surface area contributed by atoms with E-state index in [0.29, 0.717) is 36.5 Å². The highest BCUT2D eigenvalue weighted by molar-refractivity contribution is 7.99. The third-order valence-electron chi connectivity index (χ3n) is 6.61. The van der Waals surface area contributed by atoms with Crippen LogP contribution in [0, 0.1) is 11.7 Å².